The standard InChI is InChI=1S/C17H30O3Si/c1-17(2,3)21(4,5)20-14-16(11-18)13-19-12-15-9-7-6-8-10-15/h6-10,16,18H,11-14H2,1-5H3. The zero-order valence-electron chi connectivity index (χ0n) is 14.1. The van der Waals surface area contributed by atoms with Crippen LogP contribution >= 0.6 is 0 Å². The lowest BCUT2D eigenvalue weighted by Crippen LogP contribution is -2.42. The Bertz CT molecular complexity index is 398. The first-order valence-electron chi connectivity index (χ1n) is 7.63. The van der Waals surface area contributed by atoms with E-state index in [-0.39, 0.29) is 17.6 Å². The van der Waals surface area contributed by atoms with Gasteiger partial charge in [0.2, 0.25) is 0 Å². The fraction of sp³-hybridized carbons (Fsp3) is 0.647. The van der Waals surface area contributed by atoms with Gasteiger partial charge in [-0.05, 0) is 23.7 Å². The summed E-state index contributed by atoms with van der Waals surface area (Å²) in [5.74, 6) is 0.0443. The lowest BCUT2D eigenvalue weighted by molar-refractivity contribution is 0.0395. The van der Waals surface area contributed by atoms with Gasteiger partial charge in [-0.25, -0.2) is 0 Å². The molecule has 0 spiro atoms. The van der Waals surface area contributed by atoms with Crippen molar-refractivity contribution in [3.05, 3.63) is 35.9 Å². The van der Waals surface area contributed by atoms with Crippen LogP contribution in [0.4, 0.5) is 0 Å². The largest absolute Gasteiger partial charge is 0.416 e. The molecule has 0 aliphatic rings. The van der Waals surface area contributed by atoms with Gasteiger partial charge in [0, 0.05) is 12.5 Å². The van der Waals surface area contributed by atoms with Gasteiger partial charge in [-0.2, -0.15) is 0 Å². The molecule has 21 heavy (non-hydrogen) atoms. The molecule has 0 aromatic heterocycles. The Labute approximate surface area is 130 Å². The smallest absolute Gasteiger partial charge is 0.191 e. The molecule has 4 heteroatoms. The first kappa shape index (κ1) is 18.4. The van der Waals surface area contributed by atoms with Crippen LogP contribution in [0.5, 0.6) is 0 Å². The number of ether oxygens (including phenoxy) is 1. The number of rotatable bonds is 8. The highest BCUT2D eigenvalue weighted by Gasteiger charge is 2.37. The van der Waals surface area contributed by atoms with Gasteiger partial charge >= 0.3 is 0 Å². The second-order valence-electron chi connectivity index (χ2n) is 7.12. The Morgan fingerprint density at radius 3 is 2.24 bits per heavy atom. The predicted octanol–water partition coefficient (Wildman–Crippen LogP) is 3.83. The average Bonchev–Trinajstić information content (AvgIpc) is 2.42. The number of aliphatic hydroxyl groups is 1. The van der Waals surface area contributed by atoms with E-state index in [2.05, 4.69) is 33.9 Å². The maximum absolute atomic E-state index is 9.48. The van der Waals surface area contributed by atoms with Crippen molar-refractivity contribution in [3.8, 4) is 0 Å². The molecule has 0 amide bonds. The average molecular weight is 311 g/mol. The van der Waals surface area contributed by atoms with E-state index in [4.69, 9.17) is 9.16 Å². The number of aliphatic hydroxyl groups excluding tert-OH is 1. The van der Waals surface area contributed by atoms with E-state index in [1.807, 2.05) is 30.3 Å². The Morgan fingerprint density at radius 1 is 1.10 bits per heavy atom. The van der Waals surface area contributed by atoms with E-state index in [1.165, 1.54) is 0 Å². The van der Waals surface area contributed by atoms with Crippen LogP contribution in [-0.4, -0.2) is 33.2 Å². The second kappa shape index (κ2) is 8.08. The summed E-state index contributed by atoms with van der Waals surface area (Å²) in [4.78, 5) is 0. The van der Waals surface area contributed by atoms with Gasteiger partial charge in [0.05, 0.1) is 19.8 Å². The molecule has 0 aliphatic carbocycles. The van der Waals surface area contributed by atoms with Crippen molar-refractivity contribution in [2.75, 3.05) is 19.8 Å². The van der Waals surface area contributed by atoms with Crippen molar-refractivity contribution in [2.24, 2.45) is 5.92 Å². The van der Waals surface area contributed by atoms with Gasteiger partial charge in [-0.15, -0.1) is 0 Å². The summed E-state index contributed by atoms with van der Waals surface area (Å²) >= 11 is 0. The van der Waals surface area contributed by atoms with Gasteiger partial charge in [0.1, 0.15) is 0 Å². The Morgan fingerprint density at radius 2 is 1.71 bits per heavy atom. The Balaban J connectivity index is 2.35. The van der Waals surface area contributed by atoms with Gasteiger partial charge in [-0.1, -0.05) is 51.1 Å². The zero-order valence-corrected chi connectivity index (χ0v) is 15.1. The summed E-state index contributed by atoms with van der Waals surface area (Å²) in [5, 5.41) is 9.67. The third-order valence-corrected chi connectivity index (χ3v) is 8.71. The van der Waals surface area contributed by atoms with Crippen molar-refractivity contribution >= 4 is 8.32 Å². The van der Waals surface area contributed by atoms with Crippen LogP contribution in [0.2, 0.25) is 18.1 Å². The van der Waals surface area contributed by atoms with Crippen LogP contribution < -0.4 is 0 Å². The number of hydrogen-bond donors (Lipinski definition) is 1. The highest BCUT2D eigenvalue weighted by molar-refractivity contribution is 6.74. The first-order chi connectivity index (χ1) is 9.76. The molecule has 0 fully saturated rings. The molecule has 1 rings (SSSR count). The van der Waals surface area contributed by atoms with Crippen LogP contribution in [0, 0.1) is 5.92 Å². The molecule has 120 valence electrons. The molecule has 0 saturated carbocycles. The van der Waals surface area contributed by atoms with Crippen molar-refractivity contribution < 1.29 is 14.3 Å². The Kier molecular flexibility index (Phi) is 7.07. The van der Waals surface area contributed by atoms with Crippen LogP contribution in [0.25, 0.3) is 0 Å². The van der Waals surface area contributed by atoms with E-state index < -0.39 is 8.32 Å². The number of benzene rings is 1. The topological polar surface area (TPSA) is 38.7 Å². The molecular weight excluding hydrogens is 280 g/mol. The Hall–Kier alpha value is -0.683. The lowest BCUT2D eigenvalue weighted by Gasteiger charge is -2.37. The fourth-order valence-corrected chi connectivity index (χ4v) is 2.70. The molecule has 1 aromatic carbocycles. The van der Waals surface area contributed by atoms with Gasteiger partial charge in [0.15, 0.2) is 8.32 Å². The lowest BCUT2D eigenvalue weighted by atomic mass is 10.2. The summed E-state index contributed by atoms with van der Waals surface area (Å²) in [7, 11) is -1.75. The minimum Gasteiger partial charge on any atom is -0.416 e. The van der Waals surface area contributed by atoms with Crippen molar-refractivity contribution in [2.45, 2.75) is 45.5 Å². The van der Waals surface area contributed by atoms with Crippen LogP contribution in [-0.2, 0) is 15.8 Å². The third kappa shape index (κ3) is 6.30. The van der Waals surface area contributed by atoms with Crippen LogP contribution in [0.1, 0.15) is 26.3 Å². The molecule has 0 radical (unpaired) electrons. The van der Waals surface area contributed by atoms with Crippen molar-refractivity contribution in [3.63, 3.8) is 0 Å². The first-order valence-corrected chi connectivity index (χ1v) is 10.5. The molecule has 1 aromatic rings. The van der Waals surface area contributed by atoms with E-state index in [0.717, 1.165) is 5.56 Å². The monoisotopic (exact) mass is 310 g/mol. The zero-order chi connectivity index (χ0) is 15.9. The van der Waals surface area contributed by atoms with Crippen LogP contribution in [0.15, 0.2) is 30.3 Å². The molecule has 1 unspecified atom stereocenters. The normalized spacial score (nSPS) is 14.2. The van der Waals surface area contributed by atoms with Gasteiger partial charge < -0.3 is 14.3 Å². The minimum atomic E-state index is -1.75. The van der Waals surface area contributed by atoms with Crippen molar-refractivity contribution in [1.82, 2.24) is 0 Å². The van der Waals surface area contributed by atoms with E-state index in [1.54, 1.807) is 0 Å². The number of hydrogen-bond acceptors (Lipinski definition) is 3. The molecule has 0 saturated heterocycles. The maximum atomic E-state index is 9.48. The summed E-state index contributed by atoms with van der Waals surface area (Å²) in [6, 6.07) is 10.1. The maximum Gasteiger partial charge on any atom is 0.191 e. The fourth-order valence-electron chi connectivity index (χ4n) is 1.61. The summed E-state index contributed by atoms with van der Waals surface area (Å²) in [6.45, 7) is 12.9. The van der Waals surface area contributed by atoms with Crippen molar-refractivity contribution in [1.29, 1.82) is 0 Å². The second-order valence-corrected chi connectivity index (χ2v) is 11.9. The van der Waals surface area contributed by atoms with Gasteiger partial charge in [-0.3, -0.25) is 0 Å². The quantitative estimate of drug-likeness (QED) is 0.742. The molecular formula is C17H30O3Si. The third-order valence-electron chi connectivity index (χ3n) is 4.21. The highest BCUT2D eigenvalue weighted by atomic mass is 28.4. The molecule has 1 N–H and O–H groups in total. The summed E-state index contributed by atoms with van der Waals surface area (Å²) < 4.78 is 11.8. The molecule has 1 atom stereocenters. The van der Waals surface area contributed by atoms with Gasteiger partial charge in [0.25, 0.3) is 0 Å². The molecule has 0 aliphatic heterocycles. The molecule has 0 bridgehead atoms. The van der Waals surface area contributed by atoms with Crippen LogP contribution in [0.3, 0.4) is 0 Å². The highest BCUT2D eigenvalue weighted by Crippen LogP contribution is 2.36. The van der Waals surface area contributed by atoms with E-state index >= 15 is 0 Å². The molecule has 0 heterocycles. The predicted molar refractivity (Wildman–Crippen MR) is 89.8 cm³/mol. The molecule has 3 nitrogen and oxygen atoms in total. The minimum absolute atomic E-state index is 0.0443. The van der Waals surface area contributed by atoms with E-state index in [9.17, 15) is 5.11 Å². The van der Waals surface area contributed by atoms with E-state index in [0.29, 0.717) is 19.8 Å². The summed E-state index contributed by atoms with van der Waals surface area (Å²) in [5.41, 5.74) is 1.15. The summed E-state index contributed by atoms with van der Waals surface area (Å²) in [6.07, 6.45) is 0. The SMILES string of the molecule is CC(C)(C)[Si](C)(C)OCC(CO)COCc1ccccc1.